The number of benzene rings is 2. The minimum Gasteiger partial charge on any atom is -0.493 e. The number of aryl methyl sites for hydroxylation is 1. The van der Waals surface area contributed by atoms with Crippen molar-refractivity contribution in [2.75, 3.05) is 6.61 Å². The first kappa shape index (κ1) is 23.0. The molecule has 4 rings (SSSR count). The number of hydrogen-bond donors (Lipinski definition) is 0. The fourth-order valence-corrected chi connectivity index (χ4v) is 5.61. The van der Waals surface area contributed by atoms with Crippen molar-refractivity contribution in [3.63, 3.8) is 0 Å². The largest absolute Gasteiger partial charge is 0.493 e. The van der Waals surface area contributed by atoms with E-state index in [1.807, 2.05) is 19.1 Å². The molecule has 1 fully saturated rings. The van der Waals surface area contributed by atoms with Gasteiger partial charge in [-0.05, 0) is 117 Å². The van der Waals surface area contributed by atoms with Crippen molar-refractivity contribution in [2.45, 2.75) is 83.5 Å². The van der Waals surface area contributed by atoms with Gasteiger partial charge in [0.05, 0.1) is 6.61 Å². The molecule has 2 aromatic carbocycles. The van der Waals surface area contributed by atoms with Crippen molar-refractivity contribution < 1.29 is 13.5 Å². The first-order valence-corrected chi connectivity index (χ1v) is 12.4. The maximum atomic E-state index is 15.2. The number of fused-ring (bicyclic) bond motifs is 1. The van der Waals surface area contributed by atoms with Crippen molar-refractivity contribution in [3.8, 4) is 5.75 Å². The molecule has 0 aromatic heterocycles. The predicted molar refractivity (Wildman–Crippen MR) is 127 cm³/mol. The van der Waals surface area contributed by atoms with Gasteiger partial charge in [0.2, 0.25) is 0 Å². The van der Waals surface area contributed by atoms with Crippen molar-refractivity contribution in [2.24, 2.45) is 5.92 Å². The van der Waals surface area contributed by atoms with Crippen LogP contribution in [0.15, 0.2) is 42.5 Å². The highest BCUT2D eigenvalue weighted by atomic mass is 19.1. The van der Waals surface area contributed by atoms with Gasteiger partial charge in [0.1, 0.15) is 17.4 Å². The summed E-state index contributed by atoms with van der Waals surface area (Å²) in [6, 6.07) is 9.42. The van der Waals surface area contributed by atoms with Gasteiger partial charge in [0.15, 0.2) is 0 Å². The summed E-state index contributed by atoms with van der Waals surface area (Å²) in [7, 11) is 0. The molecule has 0 aliphatic heterocycles. The summed E-state index contributed by atoms with van der Waals surface area (Å²) in [5.41, 5.74) is 3.57. The Morgan fingerprint density at radius 2 is 1.69 bits per heavy atom. The Kier molecular flexibility index (Phi) is 7.65. The molecule has 0 saturated heterocycles. The number of halogens is 2. The van der Waals surface area contributed by atoms with Gasteiger partial charge in [-0.2, -0.15) is 0 Å². The minimum atomic E-state index is -0.352. The second kappa shape index (κ2) is 10.6. The Morgan fingerprint density at radius 3 is 2.38 bits per heavy atom. The highest BCUT2D eigenvalue weighted by molar-refractivity contribution is 5.41. The van der Waals surface area contributed by atoms with Crippen LogP contribution in [0.25, 0.3) is 0 Å². The maximum Gasteiger partial charge on any atom is 0.129 e. The van der Waals surface area contributed by atoms with Crippen LogP contribution in [-0.2, 0) is 12.8 Å². The number of hydrogen-bond acceptors (Lipinski definition) is 1. The molecule has 2 aromatic rings. The zero-order chi connectivity index (χ0) is 22.5. The van der Waals surface area contributed by atoms with E-state index in [9.17, 15) is 0 Å². The van der Waals surface area contributed by atoms with E-state index in [1.165, 1.54) is 30.4 Å². The molecule has 2 aliphatic carbocycles. The zero-order valence-corrected chi connectivity index (χ0v) is 19.5. The topological polar surface area (TPSA) is 9.23 Å². The first-order chi connectivity index (χ1) is 15.6. The van der Waals surface area contributed by atoms with Gasteiger partial charge in [-0.3, -0.25) is 0 Å². The summed E-state index contributed by atoms with van der Waals surface area (Å²) in [6.45, 7) is 4.90. The molecule has 1 unspecified atom stereocenters. The second-order valence-corrected chi connectivity index (χ2v) is 9.60. The Morgan fingerprint density at radius 1 is 0.938 bits per heavy atom. The van der Waals surface area contributed by atoms with Crippen LogP contribution in [0.3, 0.4) is 0 Å². The van der Waals surface area contributed by atoms with Gasteiger partial charge in [0, 0.05) is 5.56 Å². The molecular weight excluding hydrogens is 402 g/mol. The van der Waals surface area contributed by atoms with Crippen molar-refractivity contribution in [1.29, 1.82) is 0 Å². The lowest BCUT2D eigenvalue weighted by atomic mass is 9.76. The highest BCUT2D eigenvalue weighted by Crippen LogP contribution is 2.41. The molecule has 3 heteroatoms. The quantitative estimate of drug-likeness (QED) is 0.312. The van der Waals surface area contributed by atoms with Crippen molar-refractivity contribution in [3.05, 3.63) is 76.4 Å². The molecule has 0 amide bonds. The second-order valence-electron chi connectivity index (χ2n) is 9.60. The summed E-state index contributed by atoms with van der Waals surface area (Å²) in [5.74, 6) is 1.15. The molecule has 0 radical (unpaired) electrons. The average Bonchev–Trinajstić information content (AvgIpc) is 2.81. The number of ether oxygens (including phenoxy) is 1. The molecule has 0 spiro atoms. The average molecular weight is 439 g/mol. The van der Waals surface area contributed by atoms with Crippen LogP contribution in [-0.4, -0.2) is 6.61 Å². The zero-order valence-electron chi connectivity index (χ0n) is 19.5. The number of rotatable bonds is 7. The molecule has 0 bridgehead atoms. The lowest BCUT2D eigenvalue weighted by Gasteiger charge is -2.29. The van der Waals surface area contributed by atoms with E-state index >= 15 is 8.78 Å². The fourth-order valence-electron chi connectivity index (χ4n) is 5.61. The third-order valence-corrected chi connectivity index (χ3v) is 7.60. The van der Waals surface area contributed by atoms with Gasteiger partial charge in [0.25, 0.3) is 0 Å². The predicted octanol–water partition coefficient (Wildman–Crippen LogP) is 8.27. The molecule has 1 atom stereocenters. The minimum absolute atomic E-state index is 0.103. The molecular formula is C29H36F2O. The fraction of sp³-hybridized carbons (Fsp3) is 0.517. The van der Waals surface area contributed by atoms with E-state index in [0.717, 1.165) is 49.3 Å². The summed E-state index contributed by atoms with van der Waals surface area (Å²) in [4.78, 5) is 0. The standard InChI is InChI=1S/C29H36F2O/c1-3-5-6-15-32-26-14-13-22-16-24(12-11-23(22)17-26)29-27(30)18-25(19-28(29)31)21-9-7-20(4-2)8-10-21/h3,5,13-14,17-21,24H,4,6-12,15-16H2,1-2H3. The third-order valence-electron chi connectivity index (χ3n) is 7.60. The van der Waals surface area contributed by atoms with Gasteiger partial charge in [-0.15, -0.1) is 0 Å². The Bertz CT molecular complexity index is 917. The van der Waals surface area contributed by atoms with Gasteiger partial charge in [-0.25, -0.2) is 8.78 Å². The summed E-state index contributed by atoms with van der Waals surface area (Å²) >= 11 is 0. The molecule has 0 heterocycles. The molecule has 32 heavy (non-hydrogen) atoms. The van der Waals surface area contributed by atoms with E-state index < -0.39 is 0 Å². The molecule has 1 saturated carbocycles. The Labute approximate surface area is 191 Å². The van der Waals surface area contributed by atoms with E-state index in [0.29, 0.717) is 18.9 Å². The Balaban J connectivity index is 1.45. The summed E-state index contributed by atoms with van der Waals surface area (Å²) < 4.78 is 36.2. The lowest BCUT2D eigenvalue weighted by Crippen LogP contribution is -2.17. The lowest BCUT2D eigenvalue weighted by molar-refractivity contribution is 0.317. The van der Waals surface area contributed by atoms with Crippen LogP contribution < -0.4 is 4.74 Å². The van der Waals surface area contributed by atoms with E-state index in [2.05, 4.69) is 25.1 Å². The molecule has 2 aliphatic rings. The van der Waals surface area contributed by atoms with E-state index in [1.54, 1.807) is 12.1 Å². The normalized spacial score (nSPS) is 23.3. The van der Waals surface area contributed by atoms with Crippen LogP contribution >= 0.6 is 0 Å². The molecule has 172 valence electrons. The van der Waals surface area contributed by atoms with Gasteiger partial charge < -0.3 is 4.74 Å². The van der Waals surface area contributed by atoms with Crippen LogP contribution in [0.5, 0.6) is 5.75 Å². The molecule has 0 N–H and O–H groups in total. The third kappa shape index (κ3) is 5.24. The van der Waals surface area contributed by atoms with E-state index in [4.69, 9.17) is 4.74 Å². The SMILES string of the molecule is CC=CCCOc1ccc2c(c1)CCC(c1c(F)cc(C3CCC(CC)CC3)cc1F)C2. The summed E-state index contributed by atoms with van der Waals surface area (Å²) in [5, 5.41) is 0. The van der Waals surface area contributed by atoms with Crippen LogP contribution in [0.2, 0.25) is 0 Å². The first-order valence-electron chi connectivity index (χ1n) is 12.4. The van der Waals surface area contributed by atoms with Crippen molar-refractivity contribution in [1.82, 2.24) is 0 Å². The van der Waals surface area contributed by atoms with Crippen molar-refractivity contribution >= 4 is 0 Å². The van der Waals surface area contributed by atoms with Crippen LogP contribution in [0, 0.1) is 17.6 Å². The van der Waals surface area contributed by atoms with Gasteiger partial charge >= 0.3 is 0 Å². The Hall–Kier alpha value is -2.16. The summed E-state index contributed by atoms with van der Waals surface area (Å²) in [6.07, 6.45) is 12.9. The highest BCUT2D eigenvalue weighted by Gasteiger charge is 2.28. The van der Waals surface area contributed by atoms with E-state index in [-0.39, 0.29) is 23.1 Å². The maximum absolute atomic E-state index is 15.2. The smallest absolute Gasteiger partial charge is 0.129 e. The molecule has 1 nitrogen and oxygen atoms in total. The van der Waals surface area contributed by atoms with Crippen LogP contribution in [0.4, 0.5) is 8.78 Å². The number of allylic oxidation sites excluding steroid dienone is 1. The van der Waals surface area contributed by atoms with Crippen LogP contribution in [0.1, 0.15) is 92.9 Å². The monoisotopic (exact) mass is 438 g/mol. The van der Waals surface area contributed by atoms with Gasteiger partial charge in [-0.1, -0.05) is 31.6 Å².